The fourth-order valence-electron chi connectivity index (χ4n) is 1.83. The first kappa shape index (κ1) is 16.6. The van der Waals surface area contributed by atoms with Crippen molar-refractivity contribution in [3.63, 3.8) is 0 Å². The Morgan fingerprint density at radius 1 is 0.682 bits per heavy atom. The number of benzene rings is 2. The van der Waals surface area contributed by atoms with Crippen LogP contribution in [0, 0.1) is 0 Å². The Balaban J connectivity index is 2.12. The standard InChI is InChI=1S/C14H15NO5S2/c16-15(11-21(17,18)13-7-3-1-4-8-13)12-22(19,20)14-9-5-2-6-10-14/h1-10,16H,11-12H2. The van der Waals surface area contributed by atoms with Gasteiger partial charge in [0.15, 0.2) is 19.7 Å². The van der Waals surface area contributed by atoms with E-state index < -0.39 is 31.4 Å². The van der Waals surface area contributed by atoms with Gasteiger partial charge < -0.3 is 5.21 Å². The minimum atomic E-state index is -3.80. The van der Waals surface area contributed by atoms with Crippen LogP contribution in [0.25, 0.3) is 0 Å². The third-order valence-electron chi connectivity index (χ3n) is 2.84. The van der Waals surface area contributed by atoms with Crippen molar-refractivity contribution in [3.05, 3.63) is 60.7 Å². The average Bonchev–Trinajstić information content (AvgIpc) is 2.48. The van der Waals surface area contributed by atoms with E-state index in [0.29, 0.717) is 0 Å². The molecule has 0 amide bonds. The second kappa shape index (κ2) is 6.57. The monoisotopic (exact) mass is 341 g/mol. The van der Waals surface area contributed by atoms with Gasteiger partial charge in [-0.15, -0.1) is 0 Å². The van der Waals surface area contributed by atoms with Crippen molar-refractivity contribution in [2.45, 2.75) is 9.79 Å². The van der Waals surface area contributed by atoms with Gasteiger partial charge in [0.25, 0.3) is 0 Å². The van der Waals surface area contributed by atoms with E-state index in [0.717, 1.165) is 0 Å². The van der Waals surface area contributed by atoms with Crippen LogP contribution < -0.4 is 0 Å². The molecule has 0 aliphatic rings. The number of rotatable bonds is 6. The molecule has 8 heteroatoms. The molecule has 2 rings (SSSR count). The van der Waals surface area contributed by atoms with E-state index in [4.69, 9.17) is 0 Å². The highest BCUT2D eigenvalue weighted by atomic mass is 32.2. The molecule has 0 aliphatic carbocycles. The number of hydrogen-bond acceptors (Lipinski definition) is 6. The van der Waals surface area contributed by atoms with Crippen LogP contribution in [-0.4, -0.2) is 38.9 Å². The molecule has 0 unspecified atom stereocenters. The zero-order chi connectivity index (χ0) is 16.2. The third kappa shape index (κ3) is 4.14. The van der Waals surface area contributed by atoms with Gasteiger partial charge in [0.2, 0.25) is 0 Å². The molecule has 1 N–H and O–H groups in total. The molecule has 2 aromatic carbocycles. The highest BCUT2D eigenvalue weighted by molar-refractivity contribution is 7.92. The molecule has 0 fully saturated rings. The van der Waals surface area contributed by atoms with E-state index in [9.17, 15) is 22.0 Å². The van der Waals surface area contributed by atoms with E-state index in [1.807, 2.05) is 0 Å². The van der Waals surface area contributed by atoms with Crippen LogP contribution in [0.3, 0.4) is 0 Å². The Morgan fingerprint density at radius 3 is 1.32 bits per heavy atom. The highest BCUT2D eigenvalue weighted by Gasteiger charge is 2.23. The molecule has 118 valence electrons. The summed E-state index contributed by atoms with van der Waals surface area (Å²) in [6.07, 6.45) is 0. The molecular weight excluding hydrogens is 326 g/mol. The lowest BCUT2D eigenvalue weighted by molar-refractivity contribution is -0.0552. The van der Waals surface area contributed by atoms with E-state index in [1.165, 1.54) is 24.3 Å². The quantitative estimate of drug-likeness (QED) is 0.801. The predicted molar refractivity (Wildman–Crippen MR) is 80.6 cm³/mol. The van der Waals surface area contributed by atoms with Gasteiger partial charge in [-0.3, -0.25) is 0 Å². The first-order valence-corrected chi connectivity index (χ1v) is 9.61. The topological polar surface area (TPSA) is 91.8 Å². The Labute approximate surface area is 129 Å². The van der Waals surface area contributed by atoms with Crippen LogP contribution in [0.2, 0.25) is 0 Å². The van der Waals surface area contributed by atoms with Gasteiger partial charge >= 0.3 is 0 Å². The lowest BCUT2D eigenvalue weighted by Crippen LogP contribution is -2.31. The lowest BCUT2D eigenvalue weighted by Gasteiger charge is -2.15. The van der Waals surface area contributed by atoms with Gasteiger partial charge in [0, 0.05) is 0 Å². The normalized spacial score (nSPS) is 12.5. The lowest BCUT2D eigenvalue weighted by atomic mass is 10.4. The van der Waals surface area contributed by atoms with Crippen molar-refractivity contribution in [3.8, 4) is 0 Å². The second-order valence-electron chi connectivity index (χ2n) is 4.62. The van der Waals surface area contributed by atoms with Crippen molar-refractivity contribution in [2.75, 3.05) is 11.8 Å². The minimum Gasteiger partial charge on any atom is -0.312 e. The largest absolute Gasteiger partial charge is 0.312 e. The molecular formula is C14H15NO5S2. The van der Waals surface area contributed by atoms with Crippen molar-refractivity contribution in [1.29, 1.82) is 0 Å². The summed E-state index contributed by atoms with van der Waals surface area (Å²) in [5, 5.41) is 10.0. The maximum Gasteiger partial charge on any atom is 0.193 e. The van der Waals surface area contributed by atoms with Crippen molar-refractivity contribution in [2.24, 2.45) is 0 Å². The van der Waals surface area contributed by atoms with Gasteiger partial charge in [-0.2, -0.15) is 5.06 Å². The minimum absolute atomic E-state index is 0.0196. The summed E-state index contributed by atoms with van der Waals surface area (Å²) in [5.74, 6) is -1.61. The second-order valence-corrected chi connectivity index (χ2v) is 8.54. The molecule has 0 saturated carbocycles. The van der Waals surface area contributed by atoms with Crippen LogP contribution in [0.5, 0.6) is 0 Å². The van der Waals surface area contributed by atoms with Gasteiger partial charge in [0.1, 0.15) is 11.8 Å². The zero-order valence-electron chi connectivity index (χ0n) is 11.5. The molecule has 0 aromatic heterocycles. The van der Waals surface area contributed by atoms with Gasteiger partial charge in [-0.1, -0.05) is 36.4 Å². The molecule has 22 heavy (non-hydrogen) atoms. The molecule has 2 aromatic rings. The maximum atomic E-state index is 12.1. The van der Waals surface area contributed by atoms with E-state index in [-0.39, 0.29) is 14.9 Å². The summed E-state index contributed by atoms with van der Waals surface area (Å²) in [7, 11) is -7.61. The van der Waals surface area contributed by atoms with E-state index >= 15 is 0 Å². The number of hydroxylamine groups is 2. The summed E-state index contributed by atoms with van der Waals surface area (Å²) in [6.45, 7) is 0. The molecule has 0 atom stereocenters. The van der Waals surface area contributed by atoms with Gasteiger partial charge in [-0.25, -0.2) is 16.8 Å². The molecule has 0 aliphatic heterocycles. The van der Waals surface area contributed by atoms with Crippen molar-refractivity contribution in [1.82, 2.24) is 5.06 Å². The molecule has 0 heterocycles. The number of sulfone groups is 2. The predicted octanol–water partition coefficient (Wildman–Crippen LogP) is 1.54. The van der Waals surface area contributed by atoms with Crippen LogP contribution in [-0.2, 0) is 19.7 Å². The Bertz CT molecular complexity index is 747. The number of hydrogen-bond donors (Lipinski definition) is 1. The van der Waals surface area contributed by atoms with E-state index in [2.05, 4.69) is 0 Å². The number of nitrogens with zero attached hydrogens (tertiary/aromatic N) is 1. The van der Waals surface area contributed by atoms with Crippen LogP contribution in [0.4, 0.5) is 0 Å². The first-order chi connectivity index (χ1) is 10.3. The van der Waals surface area contributed by atoms with E-state index in [1.54, 1.807) is 36.4 Å². The summed E-state index contributed by atoms with van der Waals surface area (Å²) in [5.41, 5.74) is 0. The zero-order valence-corrected chi connectivity index (χ0v) is 13.2. The third-order valence-corrected chi connectivity index (χ3v) is 6.10. The first-order valence-electron chi connectivity index (χ1n) is 6.31. The smallest absolute Gasteiger partial charge is 0.193 e. The van der Waals surface area contributed by atoms with Crippen LogP contribution in [0.15, 0.2) is 70.5 Å². The SMILES string of the molecule is O=S(=O)(CN(O)CS(=O)(=O)c1ccccc1)c1ccccc1. The molecule has 0 radical (unpaired) electrons. The molecule has 6 nitrogen and oxygen atoms in total. The molecule has 0 spiro atoms. The fraction of sp³-hybridized carbons (Fsp3) is 0.143. The van der Waals surface area contributed by atoms with Gasteiger partial charge in [-0.05, 0) is 24.3 Å². The summed E-state index contributed by atoms with van der Waals surface area (Å²) in [4.78, 5) is 0.0392. The summed E-state index contributed by atoms with van der Waals surface area (Å²) < 4.78 is 48.3. The van der Waals surface area contributed by atoms with Crippen LogP contribution in [0.1, 0.15) is 0 Å². The Kier molecular flexibility index (Phi) is 4.97. The Hall–Kier alpha value is -1.74. The summed E-state index contributed by atoms with van der Waals surface area (Å²) in [6, 6.07) is 15.1. The highest BCUT2D eigenvalue weighted by Crippen LogP contribution is 2.14. The van der Waals surface area contributed by atoms with Crippen molar-refractivity contribution < 1.29 is 22.0 Å². The maximum absolute atomic E-state index is 12.1. The molecule has 0 bridgehead atoms. The fourth-order valence-corrected chi connectivity index (χ4v) is 4.36. The molecule has 0 saturated heterocycles. The Morgan fingerprint density at radius 2 is 1.00 bits per heavy atom. The summed E-state index contributed by atoms with van der Waals surface area (Å²) >= 11 is 0. The van der Waals surface area contributed by atoms with Crippen LogP contribution >= 0.6 is 0 Å². The van der Waals surface area contributed by atoms with Gasteiger partial charge in [0.05, 0.1) is 9.79 Å². The average molecular weight is 341 g/mol. The van der Waals surface area contributed by atoms with Crippen molar-refractivity contribution >= 4 is 19.7 Å².